The van der Waals surface area contributed by atoms with E-state index in [4.69, 9.17) is 4.74 Å². The van der Waals surface area contributed by atoms with Crippen LogP contribution in [-0.2, 0) is 4.79 Å². The van der Waals surface area contributed by atoms with Crippen LogP contribution in [0.1, 0.15) is 44.6 Å². The maximum absolute atomic E-state index is 12.0. The van der Waals surface area contributed by atoms with E-state index in [1.54, 1.807) is 0 Å². The van der Waals surface area contributed by atoms with E-state index < -0.39 is 0 Å². The summed E-state index contributed by atoms with van der Waals surface area (Å²) in [6.45, 7) is 6.90. The van der Waals surface area contributed by atoms with Crippen molar-refractivity contribution in [1.29, 1.82) is 0 Å². The second-order valence-electron chi connectivity index (χ2n) is 6.50. The molecule has 1 fully saturated rings. The van der Waals surface area contributed by atoms with Crippen LogP contribution in [0, 0.1) is 12.8 Å². The average molecular weight is 355 g/mol. The van der Waals surface area contributed by atoms with Crippen molar-refractivity contribution in [2.75, 3.05) is 19.6 Å². The molecule has 5 heteroatoms. The standard InChI is InChI=1S/C19H30N2O2.ClH/c1-3-17(23-18-6-4-5-15(2)13-18)14-21-19(22)8-7-16-9-11-20-12-10-16;/h4-6,13,16-17,20H,3,7-12,14H2,1-2H3,(H,21,22);1H. The maximum atomic E-state index is 12.0. The molecule has 0 aromatic heterocycles. The zero-order valence-corrected chi connectivity index (χ0v) is 15.7. The summed E-state index contributed by atoms with van der Waals surface area (Å²) in [5, 5.41) is 6.39. The molecule has 1 aromatic carbocycles. The van der Waals surface area contributed by atoms with Gasteiger partial charge >= 0.3 is 0 Å². The number of halogens is 1. The molecule has 1 amide bonds. The van der Waals surface area contributed by atoms with Crippen molar-refractivity contribution < 1.29 is 9.53 Å². The number of hydrogen-bond acceptors (Lipinski definition) is 3. The molecule has 0 saturated carbocycles. The van der Waals surface area contributed by atoms with Crippen LogP contribution in [0.5, 0.6) is 5.75 Å². The average Bonchev–Trinajstić information content (AvgIpc) is 2.57. The molecule has 24 heavy (non-hydrogen) atoms. The molecule has 0 radical (unpaired) electrons. The third-order valence-electron chi connectivity index (χ3n) is 4.51. The van der Waals surface area contributed by atoms with Gasteiger partial charge in [-0.1, -0.05) is 19.1 Å². The number of ether oxygens (including phenoxy) is 1. The number of aryl methyl sites for hydroxylation is 1. The zero-order chi connectivity index (χ0) is 16.5. The monoisotopic (exact) mass is 354 g/mol. The summed E-state index contributed by atoms with van der Waals surface area (Å²) in [5.74, 6) is 1.73. The molecule has 1 atom stereocenters. The quantitative estimate of drug-likeness (QED) is 0.751. The third-order valence-corrected chi connectivity index (χ3v) is 4.51. The Kier molecular flexibility index (Phi) is 9.80. The van der Waals surface area contributed by atoms with Crippen LogP contribution in [0.3, 0.4) is 0 Å². The summed E-state index contributed by atoms with van der Waals surface area (Å²) in [6, 6.07) is 8.04. The summed E-state index contributed by atoms with van der Waals surface area (Å²) < 4.78 is 5.97. The Labute approximate surface area is 152 Å². The number of piperidine rings is 1. The molecule has 4 nitrogen and oxygen atoms in total. The van der Waals surface area contributed by atoms with Gasteiger partial charge in [0, 0.05) is 6.42 Å². The second kappa shape index (κ2) is 11.3. The largest absolute Gasteiger partial charge is 0.489 e. The highest BCUT2D eigenvalue weighted by Crippen LogP contribution is 2.18. The van der Waals surface area contributed by atoms with Gasteiger partial charge in [0.2, 0.25) is 5.91 Å². The lowest BCUT2D eigenvalue weighted by molar-refractivity contribution is -0.121. The lowest BCUT2D eigenvalue weighted by atomic mass is 9.93. The van der Waals surface area contributed by atoms with Crippen molar-refractivity contribution in [1.82, 2.24) is 10.6 Å². The van der Waals surface area contributed by atoms with Crippen LogP contribution in [0.4, 0.5) is 0 Å². The Hall–Kier alpha value is -1.26. The Morgan fingerprint density at radius 3 is 2.79 bits per heavy atom. The summed E-state index contributed by atoms with van der Waals surface area (Å²) in [4.78, 5) is 12.0. The third kappa shape index (κ3) is 7.54. The highest BCUT2D eigenvalue weighted by molar-refractivity contribution is 5.85. The summed E-state index contributed by atoms with van der Waals surface area (Å²) in [6.07, 6.45) is 4.93. The minimum absolute atomic E-state index is 0. The molecule has 0 spiro atoms. The predicted octanol–water partition coefficient (Wildman–Crippen LogP) is 3.47. The number of hydrogen-bond donors (Lipinski definition) is 2. The lowest BCUT2D eigenvalue weighted by Gasteiger charge is -2.22. The van der Waals surface area contributed by atoms with Crippen molar-refractivity contribution in [3.63, 3.8) is 0 Å². The van der Waals surface area contributed by atoms with Gasteiger partial charge in [0.25, 0.3) is 0 Å². The number of nitrogens with one attached hydrogen (secondary N) is 2. The van der Waals surface area contributed by atoms with Crippen LogP contribution >= 0.6 is 12.4 Å². The van der Waals surface area contributed by atoms with E-state index in [2.05, 4.69) is 30.5 Å². The van der Waals surface area contributed by atoms with Gasteiger partial charge < -0.3 is 15.4 Å². The SMILES string of the molecule is CCC(CNC(=O)CCC1CCNCC1)Oc1cccc(C)c1.Cl. The molecule has 2 N–H and O–H groups in total. The number of benzene rings is 1. The minimum atomic E-state index is 0. The van der Waals surface area contributed by atoms with Crippen molar-refractivity contribution in [3.05, 3.63) is 29.8 Å². The van der Waals surface area contributed by atoms with Crippen molar-refractivity contribution >= 4 is 18.3 Å². The van der Waals surface area contributed by atoms with E-state index in [-0.39, 0.29) is 24.4 Å². The van der Waals surface area contributed by atoms with Gasteiger partial charge in [-0.2, -0.15) is 0 Å². The van der Waals surface area contributed by atoms with E-state index >= 15 is 0 Å². The molecule has 1 saturated heterocycles. The number of carbonyl (C=O) groups is 1. The van der Waals surface area contributed by atoms with Crippen molar-refractivity contribution in [2.45, 2.75) is 52.1 Å². The first-order valence-electron chi connectivity index (χ1n) is 8.88. The van der Waals surface area contributed by atoms with Gasteiger partial charge in [-0.25, -0.2) is 0 Å². The zero-order valence-electron chi connectivity index (χ0n) is 14.8. The molecule has 2 rings (SSSR count). The van der Waals surface area contributed by atoms with E-state index in [9.17, 15) is 4.79 Å². The Morgan fingerprint density at radius 1 is 1.38 bits per heavy atom. The first kappa shape index (κ1) is 20.8. The normalized spacial score (nSPS) is 16.1. The molecule has 1 unspecified atom stereocenters. The number of amides is 1. The highest BCUT2D eigenvalue weighted by atomic mass is 35.5. The van der Waals surface area contributed by atoms with E-state index in [0.717, 1.165) is 31.7 Å². The van der Waals surface area contributed by atoms with Crippen LogP contribution in [0.15, 0.2) is 24.3 Å². The molecule has 1 heterocycles. The van der Waals surface area contributed by atoms with Crippen LogP contribution in [-0.4, -0.2) is 31.6 Å². The summed E-state index contributed by atoms with van der Waals surface area (Å²) >= 11 is 0. The first-order valence-corrected chi connectivity index (χ1v) is 8.88. The van der Waals surface area contributed by atoms with Crippen LogP contribution < -0.4 is 15.4 Å². The second-order valence-corrected chi connectivity index (χ2v) is 6.50. The fraction of sp³-hybridized carbons (Fsp3) is 0.632. The van der Waals surface area contributed by atoms with Gasteiger partial charge in [0.1, 0.15) is 11.9 Å². The van der Waals surface area contributed by atoms with Gasteiger partial charge in [-0.3, -0.25) is 4.79 Å². The fourth-order valence-corrected chi connectivity index (χ4v) is 2.97. The topological polar surface area (TPSA) is 50.4 Å². The molecule has 1 aliphatic rings. The first-order chi connectivity index (χ1) is 11.2. The summed E-state index contributed by atoms with van der Waals surface area (Å²) in [7, 11) is 0. The fourth-order valence-electron chi connectivity index (χ4n) is 2.97. The Balaban J connectivity index is 0.00000288. The highest BCUT2D eigenvalue weighted by Gasteiger charge is 2.15. The summed E-state index contributed by atoms with van der Waals surface area (Å²) in [5.41, 5.74) is 1.18. The molecule has 136 valence electrons. The van der Waals surface area contributed by atoms with Crippen LogP contribution in [0.25, 0.3) is 0 Å². The Bertz CT molecular complexity index is 490. The van der Waals surface area contributed by atoms with Gasteiger partial charge in [0.05, 0.1) is 6.54 Å². The lowest BCUT2D eigenvalue weighted by Crippen LogP contribution is -2.35. The Morgan fingerprint density at radius 2 is 2.12 bits per heavy atom. The van der Waals surface area contributed by atoms with E-state index in [1.165, 1.54) is 18.4 Å². The number of rotatable bonds is 8. The van der Waals surface area contributed by atoms with Crippen molar-refractivity contribution in [3.8, 4) is 5.75 Å². The minimum Gasteiger partial charge on any atom is -0.489 e. The smallest absolute Gasteiger partial charge is 0.220 e. The molecular weight excluding hydrogens is 324 g/mol. The predicted molar refractivity (Wildman–Crippen MR) is 101 cm³/mol. The number of carbonyl (C=O) groups excluding carboxylic acids is 1. The molecule has 0 aliphatic carbocycles. The molecule has 0 bridgehead atoms. The maximum Gasteiger partial charge on any atom is 0.220 e. The van der Waals surface area contributed by atoms with Crippen LogP contribution in [0.2, 0.25) is 0 Å². The molecule has 1 aliphatic heterocycles. The van der Waals surface area contributed by atoms with Gasteiger partial charge in [-0.15, -0.1) is 12.4 Å². The molecule has 1 aromatic rings. The van der Waals surface area contributed by atoms with E-state index in [0.29, 0.717) is 18.9 Å². The molecular formula is C19H31ClN2O2. The van der Waals surface area contributed by atoms with Gasteiger partial charge in [-0.05, 0) is 69.3 Å². The van der Waals surface area contributed by atoms with Crippen molar-refractivity contribution in [2.24, 2.45) is 5.92 Å². The van der Waals surface area contributed by atoms with Gasteiger partial charge in [0.15, 0.2) is 0 Å². The van der Waals surface area contributed by atoms with E-state index in [1.807, 2.05) is 18.2 Å².